The minimum absolute atomic E-state index is 0.612. The van der Waals surface area contributed by atoms with Crippen molar-refractivity contribution in [3.05, 3.63) is 0 Å². The highest BCUT2D eigenvalue weighted by atomic mass is 28.3. The number of hydrogen-bond acceptors (Lipinski definition) is 2. The van der Waals surface area contributed by atoms with E-state index in [4.69, 9.17) is 0 Å². The van der Waals surface area contributed by atoms with Crippen LogP contribution in [0.2, 0.25) is 19.6 Å². The number of hydrogen-bond donors (Lipinski definition) is 2. The molecule has 0 heterocycles. The van der Waals surface area contributed by atoms with E-state index in [0.717, 1.165) is 0 Å². The summed E-state index contributed by atoms with van der Waals surface area (Å²) in [5, 5.41) is 18.6. The first-order valence-electron chi connectivity index (χ1n) is 4.16. The van der Waals surface area contributed by atoms with Crippen molar-refractivity contribution in [3.8, 4) is 0 Å². The average molecular weight is 176 g/mol. The zero-order chi connectivity index (χ0) is 9.28. The second-order valence-corrected chi connectivity index (χ2v) is 9.57. The quantitative estimate of drug-likeness (QED) is 0.638. The highest BCUT2D eigenvalue weighted by molar-refractivity contribution is 6.79. The Kier molecular flexibility index (Phi) is 3.29. The largest absolute Gasteiger partial charge is 0.391 e. The van der Waals surface area contributed by atoms with Crippen LogP contribution in [0.3, 0.4) is 0 Å². The third-order valence-electron chi connectivity index (χ3n) is 2.53. The highest BCUT2D eigenvalue weighted by Crippen LogP contribution is 2.27. The van der Waals surface area contributed by atoms with Gasteiger partial charge in [0, 0.05) is 0 Å². The molecule has 2 N–H and O–H groups in total. The van der Waals surface area contributed by atoms with Gasteiger partial charge in [0.2, 0.25) is 0 Å². The van der Waals surface area contributed by atoms with Gasteiger partial charge >= 0.3 is 0 Å². The maximum atomic E-state index is 10.0. The Balaban J connectivity index is 4.61. The van der Waals surface area contributed by atoms with E-state index in [1.54, 1.807) is 6.92 Å². The molecule has 0 saturated heterocycles. The summed E-state index contributed by atoms with van der Waals surface area (Å²) in [5.41, 5.74) is 0. The van der Waals surface area contributed by atoms with Gasteiger partial charge in [-0.05, 0) is 13.3 Å². The van der Waals surface area contributed by atoms with Crippen molar-refractivity contribution in [2.75, 3.05) is 0 Å². The van der Waals surface area contributed by atoms with Crippen molar-refractivity contribution < 1.29 is 10.2 Å². The Hall–Kier alpha value is 0.137. The minimum Gasteiger partial charge on any atom is -0.391 e. The van der Waals surface area contributed by atoms with Crippen LogP contribution in [0.25, 0.3) is 0 Å². The zero-order valence-corrected chi connectivity index (χ0v) is 9.18. The lowest BCUT2D eigenvalue weighted by Gasteiger charge is -2.40. The first-order chi connectivity index (χ1) is 4.75. The summed E-state index contributed by atoms with van der Waals surface area (Å²) in [6.45, 7) is 9.81. The van der Waals surface area contributed by atoms with Gasteiger partial charge in [0.1, 0.15) is 0 Å². The molecule has 2 atom stereocenters. The summed E-state index contributed by atoms with van der Waals surface area (Å²) in [6.07, 6.45) is 0.0274. The molecule has 0 amide bonds. The normalized spacial score (nSPS) is 21.0. The second kappa shape index (κ2) is 3.25. The van der Waals surface area contributed by atoms with Crippen LogP contribution in [0.4, 0.5) is 0 Å². The van der Waals surface area contributed by atoms with Gasteiger partial charge < -0.3 is 10.2 Å². The minimum atomic E-state index is -1.67. The van der Waals surface area contributed by atoms with Crippen molar-refractivity contribution in [1.29, 1.82) is 0 Å². The topological polar surface area (TPSA) is 40.5 Å². The Morgan fingerprint density at radius 1 is 1.36 bits per heavy atom. The van der Waals surface area contributed by atoms with Crippen LogP contribution in [0.15, 0.2) is 0 Å². The van der Waals surface area contributed by atoms with E-state index in [9.17, 15) is 10.2 Å². The predicted octanol–water partition coefficient (Wildman–Crippen LogP) is 1.39. The Morgan fingerprint density at radius 3 is 1.73 bits per heavy atom. The molecule has 0 spiro atoms. The van der Waals surface area contributed by atoms with Crippen molar-refractivity contribution >= 4 is 8.07 Å². The van der Waals surface area contributed by atoms with Crippen LogP contribution in [-0.2, 0) is 0 Å². The van der Waals surface area contributed by atoms with Crippen LogP contribution in [0, 0.1) is 0 Å². The molecule has 0 bridgehead atoms. The van der Waals surface area contributed by atoms with E-state index in [0.29, 0.717) is 6.42 Å². The predicted molar refractivity (Wildman–Crippen MR) is 50.3 cm³/mol. The van der Waals surface area contributed by atoms with Crippen LogP contribution < -0.4 is 0 Å². The molecule has 0 aliphatic heterocycles. The van der Waals surface area contributed by atoms with E-state index in [1.165, 1.54) is 0 Å². The molecule has 68 valence electrons. The van der Waals surface area contributed by atoms with Crippen LogP contribution >= 0.6 is 0 Å². The summed E-state index contributed by atoms with van der Waals surface area (Å²) in [6, 6.07) is 0. The molecular weight excluding hydrogens is 156 g/mol. The van der Waals surface area contributed by atoms with E-state index in [-0.39, 0.29) is 0 Å². The lowest BCUT2D eigenvalue weighted by molar-refractivity contribution is -0.0136. The maximum absolute atomic E-state index is 10.0. The van der Waals surface area contributed by atoms with Crippen LogP contribution in [-0.4, -0.2) is 29.6 Å². The number of rotatable bonds is 3. The maximum Gasteiger partial charge on any atom is 0.0854 e. The lowest BCUT2D eigenvalue weighted by atomic mass is 10.2. The van der Waals surface area contributed by atoms with Crippen molar-refractivity contribution in [2.45, 2.75) is 51.2 Å². The van der Waals surface area contributed by atoms with Crippen LogP contribution in [0.5, 0.6) is 0 Å². The first kappa shape index (κ1) is 11.1. The summed E-state index contributed by atoms with van der Waals surface area (Å²) in [7, 11) is -1.67. The van der Waals surface area contributed by atoms with E-state index < -0.39 is 19.4 Å². The molecule has 3 heteroatoms. The smallest absolute Gasteiger partial charge is 0.0854 e. The molecule has 0 saturated carbocycles. The molecule has 0 aromatic rings. The Bertz CT molecular complexity index is 129. The summed E-state index contributed by atoms with van der Waals surface area (Å²) >= 11 is 0. The van der Waals surface area contributed by atoms with E-state index >= 15 is 0 Å². The zero-order valence-electron chi connectivity index (χ0n) is 8.18. The van der Waals surface area contributed by atoms with Crippen molar-refractivity contribution in [1.82, 2.24) is 0 Å². The van der Waals surface area contributed by atoms with Gasteiger partial charge in [-0.2, -0.15) is 0 Å². The van der Waals surface area contributed by atoms with Gasteiger partial charge in [0.25, 0.3) is 0 Å². The molecule has 0 radical (unpaired) electrons. The summed E-state index contributed by atoms with van der Waals surface area (Å²) < 4.78 is 0. The standard InChI is InChI=1S/C8H20O2Si/c1-6-8(10,7(2)9)11(3,4)5/h7,9-10H,6H2,1-5H3/t7-,8-/m1/s1. The molecule has 0 aliphatic carbocycles. The fourth-order valence-corrected chi connectivity index (χ4v) is 3.77. The van der Waals surface area contributed by atoms with Gasteiger partial charge in [0.15, 0.2) is 0 Å². The van der Waals surface area contributed by atoms with Gasteiger partial charge in [-0.3, -0.25) is 0 Å². The number of aliphatic hydroxyl groups is 2. The first-order valence-corrected chi connectivity index (χ1v) is 7.66. The summed E-state index contributed by atoms with van der Waals surface area (Å²) in [5.74, 6) is 0. The Morgan fingerprint density at radius 2 is 1.73 bits per heavy atom. The van der Waals surface area contributed by atoms with Gasteiger partial charge in [0.05, 0.1) is 19.4 Å². The van der Waals surface area contributed by atoms with Gasteiger partial charge in [-0.1, -0.05) is 26.6 Å². The van der Waals surface area contributed by atoms with E-state index in [2.05, 4.69) is 19.6 Å². The van der Waals surface area contributed by atoms with E-state index in [1.807, 2.05) is 6.92 Å². The molecule has 0 aromatic carbocycles. The average Bonchev–Trinajstić information content (AvgIpc) is 1.83. The molecule has 2 nitrogen and oxygen atoms in total. The molecule has 0 aliphatic rings. The third-order valence-corrected chi connectivity index (χ3v) is 5.90. The summed E-state index contributed by atoms with van der Waals surface area (Å²) in [4.78, 5) is 0. The second-order valence-electron chi connectivity index (χ2n) is 4.20. The lowest BCUT2D eigenvalue weighted by Crippen LogP contribution is -2.58. The SMILES string of the molecule is CC[C@](O)([C@@H](C)O)[Si](C)(C)C. The van der Waals surface area contributed by atoms with Crippen LogP contribution in [0.1, 0.15) is 20.3 Å². The molecule has 0 aromatic heterocycles. The number of aliphatic hydroxyl groups excluding tert-OH is 1. The third kappa shape index (κ3) is 2.04. The molecule has 0 rings (SSSR count). The fourth-order valence-electron chi connectivity index (χ4n) is 1.45. The molecular formula is C8H20O2Si. The Labute approximate surface area is 70.3 Å². The van der Waals surface area contributed by atoms with Gasteiger partial charge in [-0.15, -0.1) is 0 Å². The monoisotopic (exact) mass is 176 g/mol. The highest BCUT2D eigenvalue weighted by Gasteiger charge is 2.43. The van der Waals surface area contributed by atoms with Gasteiger partial charge in [-0.25, -0.2) is 0 Å². The van der Waals surface area contributed by atoms with Crippen molar-refractivity contribution in [3.63, 3.8) is 0 Å². The molecule has 0 fully saturated rings. The molecule has 0 unspecified atom stereocenters. The molecule has 11 heavy (non-hydrogen) atoms. The fraction of sp³-hybridized carbons (Fsp3) is 1.00. The van der Waals surface area contributed by atoms with Crippen molar-refractivity contribution in [2.24, 2.45) is 0 Å².